The van der Waals surface area contributed by atoms with Crippen molar-refractivity contribution >= 4 is 12.2 Å². The van der Waals surface area contributed by atoms with Crippen molar-refractivity contribution in [3.63, 3.8) is 0 Å². The molecule has 0 aliphatic carbocycles. The van der Waals surface area contributed by atoms with Crippen LogP contribution >= 0.6 is 0 Å². The number of nitrogens with zero attached hydrogens (tertiary/aromatic N) is 1. The molecular weight excluding hydrogens is 292 g/mol. The molecule has 5 nitrogen and oxygen atoms in total. The number of hydrazone groups is 1. The molecule has 0 saturated heterocycles. The minimum absolute atomic E-state index is 0.119. The number of ether oxygens (including phenoxy) is 1. The number of hydrogen-bond acceptors (Lipinski definition) is 3. The molecule has 22 heavy (non-hydrogen) atoms. The van der Waals surface area contributed by atoms with Gasteiger partial charge in [-0.1, -0.05) is 6.07 Å². The molecule has 0 aromatic heterocycles. The van der Waals surface area contributed by atoms with Gasteiger partial charge in [0.2, 0.25) is 0 Å². The molecule has 0 heterocycles. The highest BCUT2D eigenvalue weighted by molar-refractivity contribution is 5.81. The predicted octanol–water partition coefficient (Wildman–Crippen LogP) is 2.55. The van der Waals surface area contributed by atoms with Crippen LogP contribution in [0.4, 0.5) is 13.6 Å². The molecule has 0 atom stereocenters. The Morgan fingerprint density at radius 3 is 2.55 bits per heavy atom. The molecule has 114 valence electrons. The first-order chi connectivity index (χ1) is 10.5. The van der Waals surface area contributed by atoms with E-state index >= 15 is 0 Å². The van der Waals surface area contributed by atoms with Crippen LogP contribution in [0, 0.1) is 11.6 Å². The van der Waals surface area contributed by atoms with E-state index < -0.39 is 17.7 Å². The number of primary amides is 1. The molecule has 3 N–H and O–H groups in total. The lowest BCUT2D eigenvalue weighted by Gasteiger charge is -2.07. The normalized spacial score (nSPS) is 10.6. The van der Waals surface area contributed by atoms with Crippen molar-refractivity contribution in [2.45, 2.75) is 6.61 Å². The first-order valence-electron chi connectivity index (χ1n) is 6.30. The van der Waals surface area contributed by atoms with Gasteiger partial charge in [0.15, 0.2) is 11.6 Å². The Morgan fingerprint density at radius 1 is 1.18 bits per heavy atom. The smallest absolute Gasteiger partial charge is 0.332 e. The molecule has 0 bridgehead atoms. The molecule has 0 fully saturated rings. The molecule has 2 aromatic carbocycles. The van der Waals surface area contributed by atoms with E-state index in [9.17, 15) is 13.6 Å². The lowest BCUT2D eigenvalue weighted by atomic mass is 10.2. The summed E-state index contributed by atoms with van der Waals surface area (Å²) in [5.41, 5.74) is 8.19. The van der Waals surface area contributed by atoms with E-state index in [1.165, 1.54) is 12.3 Å². The SMILES string of the molecule is NC(=O)NN=Cc1ccc(OCc2ccc(F)c(F)c2)cc1. The molecule has 2 amide bonds. The molecular formula is C15H13F2N3O2. The average Bonchev–Trinajstić information content (AvgIpc) is 2.49. The first kappa shape index (κ1) is 15.4. The van der Waals surface area contributed by atoms with Crippen molar-refractivity contribution in [2.24, 2.45) is 10.8 Å². The van der Waals surface area contributed by atoms with Gasteiger partial charge in [0.05, 0.1) is 6.21 Å². The summed E-state index contributed by atoms with van der Waals surface area (Å²) < 4.78 is 31.3. The highest BCUT2D eigenvalue weighted by Crippen LogP contribution is 2.15. The molecule has 0 spiro atoms. The largest absolute Gasteiger partial charge is 0.489 e. The fourth-order valence-corrected chi connectivity index (χ4v) is 1.62. The van der Waals surface area contributed by atoms with Gasteiger partial charge in [-0.3, -0.25) is 0 Å². The van der Waals surface area contributed by atoms with Gasteiger partial charge in [-0.15, -0.1) is 0 Å². The van der Waals surface area contributed by atoms with Gasteiger partial charge in [-0.05, 0) is 47.5 Å². The monoisotopic (exact) mass is 305 g/mol. The summed E-state index contributed by atoms with van der Waals surface area (Å²) in [6.07, 6.45) is 1.42. The van der Waals surface area contributed by atoms with Gasteiger partial charge in [0, 0.05) is 0 Å². The van der Waals surface area contributed by atoms with E-state index in [1.807, 2.05) is 0 Å². The number of nitrogens with one attached hydrogen (secondary N) is 1. The van der Waals surface area contributed by atoms with E-state index in [2.05, 4.69) is 10.5 Å². The summed E-state index contributed by atoms with van der Waals surface area (Å²) >= 11 is 0. The maximum atomic E-state index is 13.0. The Kier molecular flexibility index (Phi) is 5.02. The van der Waals surface area contributed by atoms with Gasteiger partial charge in [-0.25, -0.2) is 19.0 Å². The lowest BCUT2D eigenvalue weighted by Crippen LogP contribution is -2.24. The zero-order chi connectivity index (χ0) is 15.9. The molecule has 2 rings (SSSR count). The van der Waals surface area contributed by atoms with Crippen molar-refractivity contribution in [1.29, 1.82) is 0 Å². The molecule has 0 radical (unpaired) electrons. The zero-order valence-corrected chi connectivity index (χ0v) is 11.4. The van der Waals surface area contributed by atoms with Crippen LogP contribution in [-0.4, -0.2) is 12.2 Å². The van der Waals surface area contributed by atoms with Crippen molar-refractivity contribution in [1.82, 2.24) is 5.43 Å². The Hall–Kier alpha value is -2.96. The summed E-state index contributed by atoms with van der Waals surface area (Å²) in [5.74, 6) is -1.24. The summed E-state index contributed by atoms with van der Waals surface area (Å²) in [6.45, 7) is 0.119. The standard InChI is InChI=1S/C15H13F2N3O2/c16-13-6-3-11(7-14(13)17)9-22-12-4-1-10(2-5-12)8-19-20-15(18)21/h1-8H,9H2,(H3,18,20,21). The van der Waals surface area contributed by atoms with Gasteiger partial charge in [0.1, 0.15) is 12.4 Å². The van der Waals surface area contributed by atoms with Crippen LogP contribution in [-0.2, 0) is 6.61 Å². The first-order valence-corrected chi connectivity index (χ1v) is 6.30. The third-order valence-corrected chi connectivity index (χ3v) is 2.66. The van der Waals surface area contributed by atoms with Gasteiger partial charge in [0.25, 0.3) is 0 Å². The van der Waals surface area contributed by atoms with Gasteiger partial charge in [-0.2, -0.15) is 5.10 Å². The molecule has 0 saturated carbocycles. The quantitative estimate of drug-likeness (QED) is 0.658. The average molecular weight is 305 g/mol. The minimum Gasteiger partial charge on any atom is -0.489 e. The number of amides is 2. The van der Waals surface area contributed by atoms with Crippen LogP contribution in [0.2, 0.25) is 0 Å². The van der Waals surface area contributed by atoms with E-state index in [4.69, 9.17) is 10.5 Å². The Labute approximate surface area is 125 Å². The molecule has 0 aliphatic heterocycles. The second kappa shape index (κ2) is 7.16. The van der Waals surface area contributed by atoms with Crippen molar-refractivity contribution in [3.8, 4) is 5.75 Å². The number of nitrogens with two attached hydrogens (primary N) is 1. The van der Waals surface area contributed by atoms with Crippen molar-refractivity contribution < 1.29 is 18.3 Å². The highest BCUT2D eigenvalue weighted by Gasteiger charge is 2.03. The minimum atomic E-state index is -0.908. The lowest BCUT2D eigenvalue weighted by molar-refractivity contribution is 0.249. The predicted molar refractivity (Wildman–Crippen MR) is 77.4 cm³/mol. The molecule has 7 heteroatoms. The van der Waals surface area contributed by atoms with E-state index in [-0.39, 0.29) is 6.61 Å². The fraction of sp³-hybridized carbons (Fsp3) is 0.0667. The van der Waals surface area contributed by atoms with Crippen LogP contribution in [0.5, 0.6) is 5.75 Å². The number of benzene rings is 2. The van der Waals surface area contributed by atoms with E-state index in [0.717, 1.165) is 17.7 Å². The summed E-state index contributed by atoms with van der Waals surface area (Å²) in [5, 5.41) is 3.61. The van der Waals surface area contributed by atoms with Crippen LogP contribution in [0.1, 0.15) is 11.1 Å². The van der Waals surface area contributed by atoms with E-state index in [1.54, 1.807) is 24.3 Å². The molecule has 0 aliphatic rings. The zero-order valence-electron chi connectivity index (χ0n) is 11.4. The number of carbonyl (C=O) groups excluding carboxylic acids is 1. The fourth-order valence-electron chi connectivity index (χ4n) is 1.62. The summed E-state index contributed by atoms with van der Waals surface area (Å²) in [6, 6.07) is 9.65. The third-order valence-electron chi connectivity index (χ3n) is 2.66. The Bertz CT molecular complexity index is 688. The number of urea groups is 1. The van der Waals surface area contributed by atoms with Crippen LogP contribution in [0.25, 0.3) is 0 Å². The second-order valence-corrected chi connectivity index (χ2v) is 4.34. The topological polar surface area (TPSA) is 76.7 Å². The number of rotatable bonds is 5. The maximum absolute atomic E-state index is 13.0. The molecule has 0 unspecified atom stereocenters. The Morgan fingerprint density at radius 2 is 1.91 bits per heavy atom. The van der Waals surface area contributed by atoms with Crippen LogP contribution < -0.4 is 15.9 Å². The summed E-state index contributed by atoms with van der Waals surface area (Å²) in [4.78, 5) is 10.4. The van der Waals surface area contributed by atoms with Gasteiger partial charge < -0.3 is 10.5 Å². The van der Waals surface area contributed by atoms with E-state index in [0.29, 0.717) is 11.3 Å². The van der Waals surface area contributed by atoms with Crippen molar-refractivity contribution in [2.75, 3.05) is 0 Å². The number of halogens is 2. The third kappa shape index (κ3) is 4.55. The maximum Gasteiger partial charge on any atom is 0.332 e. The summed E-state index contributed by atoms with van der Waals surface area (Å²) in [7, 11) is 0. The second-order valence-electron chi connectivity index (χ2n) is 4.34. The van der Waals surface area contributed by atoms with Crippen LogP contribution in [0.15, 0.2) is 47.6 Å². The number of carbonyl (C=O) groups is 1. The van der Waals surface area contributed by atoms with Crippen LogP contribution in [0.3, 0.4) is 0 Å². The number of hydrogen-bond donors (Lipinski definition) is 2. The highest BCUT2D eigenvalue weighted by atomic mass is 19.2. The van der Waals surface area contributed by atoms with Gasteiger partial charge >= 0.3 is 6.03 Å². The molecule has 2 aromatic rings. The Balaban J connectivity index is 1.92. The van der Waals surface area contributed by atoms with Crippen molar-refractivity contribution in [3.05, 3.63) is 65.2 Å².